The minimum atomic E-state index is -0.505. The van der Waals surface area contributed by atoms with Crippen LogP contribution in [0, 0.1) is 35.0 Å². The van der Waals surface area contributed by atoms with Crippen LogP contribution in [0.4, 0.5) is 0 Å². The quantitative estimate of drug-likeness (QED) is 0.686. The summed E-state index contributed by atoms with van der Waals surface area (Å²) >= 11 is 0. The Labute approximate surface area is 139 Å². The molecule has 0 N–H and O–H groups in total. The molecule has 3 nitrogen and oxygen atoms in total. The van der Waals surface area contributed by atoms with Crippen LogP contribution in [-0.2, 0) is 14.3 Å². The first-order valence-corrected chi connectivity index (χ1v) is 9.46. The van der Waals surface area contributed by atoms with Crippen molar-refractivity contribution in [3.63, 3.8) is 0 Å². The van der Waals surface area contributed by atoms with E-state index in [1.807, 2.05) is 0 Å². The zero-order valence-electron chi connectivity index (χ0n) is 14.7. The van der Waals surface area contributed by atoms with Crippen LogP contribution < -0.4 is 0 Å². The first-order valence-electron chi connectivity index (χ1n) is 9.46. The summed E-state index contributed by atoms with van der Waals surface area (Å²) in [5.41, 5.74) is -0.134. The van der Waals surface area contributed by atoms with Crippen LogP contribution in [0.3, 0.4) is 0 Å². The number of carbonyl (C=O) groups excluding carboxylic acids is 1. The topological polar surface area (TPSA) is 35.5 Å². The maximum Gasteiger partial charge on any atom is 0.172 e. The molecule has 0 radical (unpaired) electrons. The third-order valence-corrected chi connectivity index (χ3v) is 7.33. The van der Waals surface area contributed by atoms with Crippen LogP contribution in [-0.4, -0.2) is 24.8 Å². The zero-order chi connectivity index (χ0) is 16.2. The average Bonchev–Trinajstić information content (AvgIpc) is 3.07. The number of Topliss-reactive ketones (excluding diaryl/α,β-unsaturated/α-hetero) is 1. The molecule has 1 aliphatic heterocycles. The van der Waals surface area contributed by atoms with E-state index in [1.165, 1.54) is 6.42 Å². The van der Waals surface area contributed by atoms with Crippen molar-refractivity contribution in [2.24, 2.45) is 35.0 Å². The van der Waals surface area contributed by atoms with Gasteiger partial charge in [0.1, 0.15) is 5.78 Å². The molecule has 1 spiro atoms. The Bertz CT molecular complexity index is 517. The molecule has 128 valence electrons. The molecule has 1 heterocycles. The van der Waals surface area contributed by atoms with E-state index < -0.39 is 5.79 Å². The van der Waals surface area contributed by atoms with Gasteiger partial charge in [-0.05, 0) is 42.9 Å². The van der Waals surface area contributed by atoms with Crippen molar-refractivity contribution < 1.29 is 14.3 Å². The smallest absolute Gasteiger partial charge is 0.172 e. The number of fused-ring (bicyclic) bond motifs is 4. The molecular weight excluding hydrogens is 288 g/mol. The van der Waals surface area contributed by atoms with Gasteiger partial charge in [0, 0.05) is 24.2 Å². The highest BCUT2D eigenvalue weighted by molar-refractivity contribution is 5.86. The van der Waals surface area contributed by atoms with Crippen molar-refractivity contribution in [2.45, 2.75) is 58.7 Å². The van der Waals surface area contributed by atoms with E-state index in [-0.39, 0.29) is 11.3 Å². The normalized spacial score (nSPS) is 45.3. The summed E-state index contributed by atoms with van der Waals surface area (Å²) in [6.45, 7) is 8.23. The zero-order valence-corrected chi connectivity index (χ0v) is 14.7. The highest BCUT2D eigenvalue weighted by atomic mass is 16.7. The van der Waals surface area contributed by atoms with Crippen LogP contribution >= 0.6 is 0 Å². The molecule has 4 aliphatic rings. The van der Waals surface area contributed by atoms with E-state index in [9.17, 15) is 4.79 Å². The van der Waals surface area contributed by atoms with Crippen molar-refractivity contribution >= 4 is 5.78 Å². The fourth-order valence-electron chi connectivity index (χ4n) is 6.14. The Balaban J connectivity index is 1.77. The molecule has 2 saturated carbocycles. The fraction of sp³-hybridized carbons (Fsp3) is 0.850. The fourth-order valence-corrected chi connectivity index (χ4v) is 6.14. The van der Waals surface area contributed by atoms with Crippen LogP contribution in [0.1, 0.15) is 52.9 Å². The summed E-state index contributed by atoms with van der Waals surface area (Å²) in [5, 5.41) is 0. The average molecular weight is 318 g/mol. The monoisotopic (exact) mass is 318 g/mol. The van der Waals surface area contributed by atoms with Gasteiger partial charge in [-0.15, -0.1) is 0 Å². The molecule has 3 fully saturated rings. The molecule has 0 aromatic carbocycles. The van der Waals surface area contributed by atoms with Crippen LogP contribution in [0.5, 0.6) is 0 Å². The Kier molecular flexibility index (Phi) is 3.73. The summed E-state index contributed by atoms with van der Waals surface area (Å²) in [5.74, 6) is 2.30. The molecule has 5 atom stereocenters. The summed E-state index contributed by atoms with van der Waals surface area (Å²) in [6.07, 6.45) is 9.52. The number of ether oxygens (including phenoxy) is 2. The summed E-state index contributed by atoms with van der Waals surface area (Å²) < 4.78 is 12.3. The predicted octanol–water partition coefficient (Wildman–Crippen LogP) is 3.97. The van der Waals surface area contributed by atoms with Gasteiger partial charge in [0.25, 0.3) is 0 Å². The molecule has 0 amide bonds. The molecule has 0 bridgehead atoms. The number of carbonyl (C=O) groups is 1. The van der Waals surface area contributed by atoms with Crippen LogP contribution in [0.15, 0.2) is 12.2 Å². The van der Waals surface area contributed by atoms with Crippen molar-refractivity contribution in [1.82, 2.24) is 0 Å². The van der Waals surface area contributed by atoms with E-state index in [4.69, 9.17) is 9.47 Å². The highest BCUT2D eigenvalue weighted by Gasteiger charge is 2.62. The second kappa shape index (κ2) is 5.42. The molecule has 23 heavy (non-hydrogen) atoms. The minimum Gasteiger partial charge on any atom is -0.347 e. The maximum absolute atomic E-state index is 13.1. The SMILES string of the molecule is CC(C)[C@H]1CC[C@]2(C)C(=O)C[C@H]3[C@H](C=CCCC34OCCO4)[C@H]12. The third kappa shape index (κ3) is 2.19. The second-order valence-electron chi connectivity index (χ2n) is 8.68. The highest BCUT2D eigenvalue weighted by Crippen LogP contribution is 2.61. The van der Waals surface area contributed by atoms with Gasteiger partial charge in [0.15, 0.2) is 5.79 Å². The lowest BCUT2D eigenvalue weighted by molar-refractivity contribution is -0.222. The van der Waals surface area contributed by atoms with E-state index in [0.29, 0.717) is 49.1 Å². The third-order valence-electron chi connectivity index (χ3n) is 7.33. The first-order chi connectivity index (χ1) is 11.0. The summed E-state index contributed by atoms with van der Waals surface area (Å²) in [7, 11) is 0. The minimum absolute atomic E-state index is 0.134. The standard InChI is InChI=1S/C20H30O3/c1-13(2)14-7-9-19(3)17(21)12-16-15(18(14)19)6-4-5-8-20(16)22-10-11-23-20/h4,6,13-16,18H,5,7-12H2,1-3H3/t14-,15+,16+,18+,19-/m1/s1. The van der Waals surface area contributed by atoms with Gasteiger partial charge in [-0.1, -0.05) is 32.9 Å². The number of hydrogen-bond acceptors (Lipinski definition) is 3. The molecule has 3 heteroatoms. The van der Waals surface area contributed by atoms with Crippen LogP contribution in [0.25, 0.3) is 0 Å². The summed E-state index contributed by atoms with van der Waals surface area (Å²) in [4.78, 5) is 13.1. The molecule has 0 aromatic heterocycles. The largest absolute Gasteiger partial charge is 0.347 e. The van der Waals surface area contributed by atoms with Crippen molar-refractivity contribution in [3.05, 3.63) is 12.2 Å². The molecule has 4 rings (SSSR count). The number of ketones is 1. The van der Waals surface area contributed by atoms with Gasteiger partial charge in [-0.25, -0.2) is 0 Å². The number of rotatable bonds is 1. The lowest BCUT2D eigenvalue weighted by atomic mass is 9.55. The lowest BCUT2D eigenvalue weighted by Crippen LogP contribution is -2.54. The molecule has 1 saturated heterocycles. The Morgan fingerprint density at radius 2 is 1.96 bits per heavy atom. The van der Waals surface area contributed by atoms with Gasteiger partial charge < -0.3 is 9.47 Å². The number of allylic oxidation sites excluding steroid dienone is 2. The number of hydrogen-bond donors (Lipinski definition) is 0. The molecular formula is C20H30O3. The molecule has 0 aromatic rings. The predicted molar refractivity (Wildman–Crippen MR) is 88.8 cm³/mol. The molecule has 3 aliphatic carbocycles. The van der Waals surface area contributed by atoms with Gasteiger partial charge in [-0.3, -0.25) is 4.79 Å². The van der Waals surface area contributed by atoms with E-state index in [1.54, 1.807) is 0 Å². The maximum atomic E-state index is 13.1. The van der Waals surface area contributed by atoms with Gasteiger partial charge in [-0.2, -0.15) is 0 Å². The summed E-state index contributed by atoms with van der Waals surface area (Å²) in [6, 6.07) is 0. The van der Waals surface area contributed by atoms with Crippen LogP contribution in [0.2, 0.25) is 0 Å². The van der Waals surface area contributed by atoms with Crippen molar-refractivity contribution in [1.29, 1.82) is 0 Å². The van der Waals surface area contributed by atoms with E-state index in [0.717, 1.165) is 19.3 Å². The van der Waals surface area contributed by atoms with Crippen molar-refractivity contribution in [2.75, 3.05) is 13.2 Å². The Morgan fingerprint density at radius 3 is 2.65 bits per heavy atom. The second-order valence-corrected chi connectivity index (χ2v) is 8.68. The van der Waals surface area contributed by atoms with Crippen molar-refractivity contribution in [3.8, 4) is 0 Å². The van der Waals surface area contributed by atoms with E-state index >= 15 is 0 Å². The Morgan fingerprint density at radius 1 is 1.22 bits per heavy atom. The van der Waals surface area contributed by atoms with Gasteiger partial charge in [0.2, 0.25) is 0 Å². The van der Waals surface area contributed by atoms with Gasteiger partial charge in [0.05, 0.1) is 13.2 Å². The molecule has 0 unspecified atom stereocenters. The lowest BCUT2D eigenvalue weighted by Gasteiger charge is -2.50. The first kappa shape index (κ1) is 15.8. The Hall–Kier alpha value is -0.670. The van der Waals surface area contributed by atoms with Gasteiger partial charge >= 0.3 is 0 Å². The van der Waals surface area contributed by atoms with E-state index in [2.05, 4.69) is 32.9 Å².